The fourth-order valence-electron chi connectivity index (χ4n) is 0.725. The monoisotopic (exact) mass is 264 g/mol. The molecule has 0 aliphatic carbocycles. The molecule has 0 fully saturated rings. The van der Waals surface area contributed by atoms with Gasteiger partial charge in [-0.2, -0.15) is 0 Å². The summed E-state index contributed by atoms with van der Waals surface area (Å²) in [6.07, 6.45) is 0.484. The topological polar surface area (TPSA) is 46.5 Å². The standard InChI is InChI=1S/C8H9BrO3S/c9-7-3-2-6(13-7)8(11)12-5-1-4-10/h2-3,10H,1,4-5H2. The zero-order chi connectivity index (χ0) is 9.68. The summed E-state index contributed by atoms with van der Waals surface area (Å²) in [7, 11) is 0. The highest BCUT2D eigenvalue weighted by Gasteiger charge is 2.08. The molecule has 0 unspecified atom stereocenters. The normalized spacial score (nSPS) is 10.0. The van der Waals surface area contributed by atoms with Gasteiger partial charge in [-0.15, -0.1) is 11.3 Å². The third-order valence-corrected chi connectivity index (χ3v) is 2.91. The van der Waals surface area contributed by atoms with Crippen LogP contribution in [0.5, 0.6) is 0 Å². The van der Waals surface area contributed by atoms with E-state index in [1.807, 2.05) is 0 Å². The second-order valence-corrected chi connectivity index (χ2v) is 4.78. The molecule has 13 heavy (non-hydrogen) atoms. The molecule has 0 atom stereocenters. The Bertz CT molecular complexity index is 285. The summed E-state index contributed by atoms with van der Waals surface area (Å²) in [6.45, 7) is 0.312. The number of aliphatic hydroxyl groups is 1. The molecule has 1 aromatic heterocycles. The fourth-order valence-corrected chi connectivity index (χ4v) is 2.00. The number of hydrogen-bond acceptors (Lipinski definition) is 4. The van der Waals surface area contributed by atoms with Crippen molar-refractivity contribution in [2.24, 2.45) is 0 Å². The van der Waals surface area contributed by atoms with Crippen molar-refractivity contribution in [2.75, 3.05) is 13.2 Å². The Hall–Kier alpha value is -0.390. The van der Waals surface area contributed by atoms with E-state index in [4.69, 9.17) is 9.84 Å². The van der Waals surface area contributed by atoms with Gasteiger partial charge in [-0.1, -0.05) is 0 Å². The summed E-state index contributed by atoms with van der Waals surface area (Å²) < 4.78 is 5.78. The van der Waals surface area contributed by atoms with Crippen LogP contribution in [0.4, 0.5) is 0 Å². The van der Waals surface area contributed by atoms with Crippen LogP contribution < -0.4 is 0 Å². The van der Waals surface area contributed by atoms with Gasteiger partial charge in [-0.25, -0.2) is 4.79 Å². The SMILES string of the molecule is O=C(OCCCO)c1ccc(Br)s1. The molecule has 0 saturated heterocycles. The van der Waals surface area contributed by atoms with Gasteiger partial charge in [0.05, 0.1) is 10.4 Å². The van der Waals surface area contributed by atoms with Gasteiger partial charge >= 0.3 is 5.97 Å². The number of halogens is 1. The number of esters is 1. The van der Waals surface area contributed by atoms with Crippen LogP contribution in [0.15, 0.2) is 15.9 Å². The van der Waals surface area contributed by atoms with E-state index in [0.717, 1.165) is 3.79 Å². The van der Waals surface area contributed by atoms with Crippen molar-refractivity contribution in [3.63, 3.8) is 0 Å². The van der Waals surface area contributed by atoms with Crippen LogP contribution in [0.1, 0.15) is 16.1 Å². The molecule has 0 spiro atoms. The summed E-state index contributed by atoms with van der Waals surface area (Å²) in [6, 6.07) is 3.50. The Morgan fingerprint density at radius 3 is 2.92 bits per heavy atom. The number of aliphatic hydroxyl groups excluding tert-OH is 1. The third-order valence-electron chi connectivity index (χ3n) is 1.31. The van der Waals surface area contributed by atoms with E-state index in [9.17, 15) is 4.79 Å². The largest absolute Gasteiger partial charge is 0.461 e. The second kappa shape index (κ2) is 5.36. The first kappa shape index (κ1) is 10.7. The zero-order valence-electron chi connectivity index (χ0n) is 6.83. The number of hydrogen-bond donors (Lipinski definition) is 1. The predicted molar refractivity (Wildman–Crippen MR) is 54.0 cm³/mol. The molecule has 5 heteroatoms. The Kier molecular flexibility index (Phi) is 4.41. The maximum atomic E-state index is 11.2. The van der Waals surface area contributed by atoms with Crippen LogP contribution in [-0.2, 0) is 4.74 Å². The molecule has 1 heterocycles. The third kappa shape index (κ3) is 3.46. The molecule has 1 aromatic rings. The van der Waals surface area contributed by atoms with Gasteiger partial charge in [-0.05, 0) is 28.1 Å². The van der Waals surface area contributed by atoms with Crippen molar-refractivity contribution in [3.8, 4) is 0 Å². The van der Waals surface area contributed by atoms with Gasteiger partial charge in [0.15, 0.2) is 0 Å². The van der Waals surface area contributed by atoms with Crippen molar-refractivity contribution < 1.29 is 14.6 Å². The number of thiophene rings is 1. The smallest absolute Gasteiger partial charge is 0.348 e. The van der Waals surface area contributed by atoms with Crippen LogP contribution in [0.2, 0.25) is 0 Å². The summed E-state index contributed by atoms with van der Waals surface area (Å²) in [5, 5.41) is 8.46. The number of carbonyl (C=O) groups excluding carboxylic acids is 1. The van der Waals surface area contributed by atoms with Crippen molar-refractivity contribution >= 4 is 33.2 Å². The molecule has 1 rings (SSSR count). The molecule has 0 aliphatic rings. The first-order chi connectivity index (χ1) is 6.24. The molecule has 0 saturated carbocycles. The minimum atomic E-state index is -0.329. The Balaban J connectivity index is 2.40. The van der Waals surface area contributed by atoms with Crippen LogP contribution in [0.25, 0.3) is 0 Å². The predicted octanol–water partition coefficient (Wildman–Crippen LogP) is 2.05. The Morgan fingerprint density at radius 2 is 2.38 bits per heavy atom. The summed E-state index contributed by atoms with van der Waals surface area (Å²) >= 11 is 4.59. The minimum Gasteiger partial charge on any atom is -0.461 e. The lowest BCUT2D eigenvalue weighted by Crippen LogP contribution is -2.05. The number of ether oxygens (including phenoxy) is 1. The fraction of sp³-hybridized carbons (Fsp3) is 0.375. The number of carbonyl (C=O) groups is 1. The maximum absolute atomic E-state index is 11.2. The van der Waals surface area contributed by atoms with Gasteiger partial charge in [0.25, 0.3) is 0 Å². The minimum absolute atomic E-state index is 0.0431. The van der Waals surface area contributed by atoms with Crippen LogP contribution in [0.3, 0.4) is 0 Å². The zero-order valence-corrected chi connectivity index (χ0v) is 9.23. The molecular formula is C8H9BrO3S. The van der Waals surface area contributed by atoms with Gasteiger partial charge in [0.1, 0.15) is 4.88 Å². The highest BCUT2D eigenvalue weighted by molar-refractivity contribution is 9.11. The summed E-state index contributed by atoms with van der Waals surface area (Å²) in [5.74, 6) is -0.329. The quantitative estimate of drug-likeness (QED) is 0.669. The van der Waals surface area contributed by atoms with Crippen molar-refractivity contribution in [2.45, 2.75) is 6.42 Å². The highest BCUT2D eigenvalue weighted by Crippen LogP contribution is 2.22. The molecule has 0 aromatic carbocycles. The Labute approximate surface area is 88.5 Å². The molecule has 1 N–H and O–H groups in total. The lowest BCUT2D eigenvalue weighted by Gasteiger charge is -2.00. The first-order valence-electron chi connectivity index (χ1n) is 3.77. The van der Waals surface area contributed by atoms with E-state index in [-0.39, 0.29) is 19.2 Å². The van der Waals surface area contributed by atoms with Gasteiger partial charge in [-0.3, -0.25) is 0 Å². The van der Waals surface area contributed by atoms with Crippen LogP contribution in [-0.4, -0.2) is 24.3 Å². The highest BCUT2D eigenvalue weighted by atomic mass is 79.9. The van der Waals surface area contributed by atoms with E-state index in [0.29, 0.717) is 11.3 Å². The first-order valence-corrected chi connectivity index (χ1v) is 5.38. The van der Waals surface area contributed by atoms with Crippen LogP contribution in [0, 0.1) is 0 Å². The number of rotatable bonds is 4. The average Bonchev–Trinajstić information content (AvgIpc) is 2.52. The Morgan fingerprint density at radius 1 is 1.62 bits per heavy atom. The molecule has 0 amide bonds. The molecular weight excluding hydrogens is 256 g/mol. The van der Waals surface area contributed by atoms with Gasteiger partial charge < -0.3 is 9.84 Å². The molecule has 72 valence electrons. The van der Waals surface area contributed by atoms with E-state index in [2.05, 4.69) is 15.9 Å². The lowest BCUT2D eigenvalue weighted by atomic mass is 10.4. The van der Waals surface area contributed by atoms with E-state index < -0.39 is 0 Å². The second-order valence-electron chi connectivity index (χ2n) is 2.32. The average molecular weight is 265 g/mol. The van der Waals surface area contributed by atoms with E-state index in [1.165, 1.54) is 11.3 Å². The molecule has 0 aliphatic heterocycles. The van der Waals surface area contributed by atoms with E-state index in [1.54, 1.807) is 12.1 Å². The van der Waals surface area contributed by atoms with Crippen molar-refractivity contribution in [1.29, 1.82) is 0 Å². The molecule has 3 nitrogen and oxygen atoms in total. The van der Waals surface area contributed by atoms with Crippen molar-refractivity contribution in [1.82, 2.24) is 0 Å². The summed E-state index contributed by atoms with van der Waals surface area (Å²) in [4.78, 5) is 11.8. The van der Waals surface area contributed by atoms with Gasteiger partial charge in [0, 0.05) is 13.0 Å². The van der Waals surface area contributed by atoms with Crippen LogP contribution >= 0.6 is 27.3 Å². The lowest BCUT2D eigenvalue weighted by molar-refractivity contribution is 0.0488. The summed E-state index contributed by atoms with van der Waals surface area (Å²) in [5.41, 5.74) is 0. The van der Waals surface area contributed by atoms with Gasteiger partial charge in [0.2, 0.25) is 0 Å². The molecule has 0 bridgehead atoms. The maximum Gasteiger partial charge on any atom is 0.348 e. The van der Waals surface area contributed by atoms with Crippen molar-refractivity contribution in [3.05, 3.63) is 20.8 Å². The molecule has 0 radical (unpaired) electrons. The van der Waals surface area contributed by atoms with E-state index >= 15 is 0 Å².